The molecule has 14 heteroatoms. The lowest BCUT2D eigenvalue weighted by atomic mass is 9.97. The molecule has 2 aromatic rings. The number of aliphatic carboxylic acids is 2. The van der Waals surface area contributed by atoms with Gasteiger partial charge in [0.05, 0.1) is 24.6 Å². The number of unbranched alkanes of at least 4 members (excludes halogenated alkanes) is 5. The van der Waals surface area contributed by atoms with Crippen LogP contribution in [0, 0.1) is 5.41 Å². The Morgan fingerprint density at radius 1 is 0.540 bits per heavy atom. The first-order chi connectivity index (χ1) is 23.9. The summed E-state index contributed by atoms with van der Waals surface area (Å²) < 4.78 is 0. The number of carbonyl (C=O) groups is 2. The fourth-order valence-electron chi connectivity index (χ4n) is 3.12. The molecule has 0 saturated heterocycles. The molecule has 50 heavy (non-hydrogen) atoms. The maximum absolute atomic E-state index is 10.1. The lowest BCUT2D eigenvalue weighted by Crippen LogP contribution is -2.20. The van der Waals surface area contributed by atoms with Crippen molar-refractivity contribution in [3.05, 3.63) is 59.7 Å². The molecular formula is C36H56N2O12. The minimum absolute atomic E-state index is 0.0451. The van der Waals surface area contributed by atoms with Crippen molar-refractivity contribution in [2.75, 3.05) is 39.6 Å². The van der Waals surface area contributed by atoms with Gasteiger partial charge in [0, 0.05) is 44.7 Å². The van der Waals surface area contributed by atoms with Gasteiger partial charge in [0.1, 0.15) is 0 Å². The molecule has 0 heterocycles. The van der Waals surface area contributed by atoms with Gasteiger partial charge >= 0.3 is 11.9 Å². The lowest BCUT2D eigenvalue weighted by molar-refractivity contribution is -0.139. The molecule has 8 N–H and O–H groups in total. The molecule has 0 aliphatic heterocycles. The first kappa shape index (κ1) is 50.3. The molecule has 0 radical (unpaired) electrons. The van der Waals surface area contributed by atoms with Gasteiger partial charge in [-0.3, -0.25) is 9.59 Å². The van der Waals surface area contributed by atoms with E-state index in [4.69, 9.17) is 40.9 Å². The molecule has 0 amide bonds. The molecule has 0 spiro atoms. The highest BCUT2D eigenvalue weighted by molar-refractivity contribution is 5.68. The zero-order valence-corrected chi connectivity index (χ0v) is 29.2. The number of carboxylic acids is 2. The van der Waals surface area contributed by atoms with Crippen LogP contribution in [0.15, 0.2) is 58.5 Å². The molecule has 2 rings (SSSR count). The van der Waals surface area contributed by atoms with Crippen LogP contribution in [0.4, 0.5) is 11.4 Å². The van der Waals surface area contributed by atoms with E-state index in [1.165, 1.54) is 12.2 Å². The number of rotatable bonds is 19. The predicted molar refractivity (Wildman–Crippen MR) is 189 cm³/mol. The normalized spacial score (nSPS) is 9.68. The Hall–Kier alpha value is -4.10. The van der Waals surface area contributed by atoms with Crippen molar-refractivity contribution in [1.82, 2.24) is 0 Å². The van der Waals surface area contributed by atoms with Crippen LogP contribution < -0.4 is 0 Å². The second-order valence-corrected chi connectivity index (χ2v) is 11.4. The average Bonchev–Trinajstić information content (AvgIpc) is 3.11. The average molecular weight is 709 g/mol. The van der Waals surface area contributed by atoms with Crippen LogP contribution in [0.2, 0.25) is 0 Å². The smallest absolute Gasteiger partial charge is 0.303 e. The van der Waals surface area contributed by atoms with Crippen LogP contribution in [0.5, 0.6) is 0 Å². The van der Waals surface area contributed by atoms with E-state index in [1.807, 2.05) is 24.3 Å². The van der Waals surface area contributed by atoms with Gasteiger partial charge in [0.15, 0.2) is 0 Å². The van der Waals surface area contributed by atoms with Gasteiger partial charge in [-0.05, 0) is 80.3 Å². The molecule has 0 aromatic heterocycles. The summed E-state index contributed by atoms with van der Waals surface area (Å²) in [6.07, 6.45) is 10.1. The zero-order valence-electron chi connectivity index (χ0n) is 29.2. The number of benzene rings is 2. The van der Waals surface area contributed by atoms with E-state index in [9.17, 15) is 19.2 Å². The maximum atomic E-state index is 10.1. The van der Waals surface area contributed by atoms with Crippen molar-refractivity contribution < 1.29 is 60.0 Å². The van der Waals surface area contributed by atoms with Crippen molar-refractivity contribution in [3.63, 3.8) is 0 Å². The molecule has 14 nitrogen and oxygen atoms in total. The number of carbonyl (C=O) groups excluding carboxylic acids is 2. The van der Waals surface area contributed by atoms with E-state index in [0.29, 0.717) is 24.2 Å². The first-order valence-corrected chi connectivity index (χ1v) is 16.3. The van der Waals surface area contributed by atoms with Crippen molar-refractivity contribution in [2.24, 2.45) is 15.4 Å². The van der Waals surface area contributed by atoms with Gasteiger partial charge in [0.2, 0.25) is 12.2 Å². The molecule has 0 aliphatic carbocycles. The van der Waals surface area contributed by atoms with Crippen LogP contribution in [-0.2, 0) is 25.6 Å². The number of aliphatic hydroxyl groups excluding tert-OH is 6. The first-order valence-electron chi connectivity index (χ1n) is 16.3. The zero-order chi connectivity index (χ0) is 38.5. The molecule has 0 saturated carbocycles. The number of hydrogen-bond donors (Lipinski definition) is 8. The number of isocyanates is 2. The van der Waals surface area contributed by atoms with Crippen LogP contribution in [-0.4, -0.2) is 105 Å². The fourth-order valence-corrected chi connectivity index (χ4v) is 3.12. The minimum Gasteiger partial charge on any atom is -0.481 e. The Balaban J connectivity index is -0.000000606. The van der Waals surface area contributed by atoms with Gasteiger partial charge in [0.25, 0.3) is 0 Å². The summed E-state index contributed by atoms with van der Waals surface area (Å²) in [4.78, 5) is 47.1. The Kier molecular flexibility index (Phi) is 36.4. The summed E-state index contributed by atoms with van der Waals surface area (Å²) in [5.74, 6) is -1.74. The molecule has 0 fully saturated rings. The molecule has 0 atom stereocenters. The summed E-state index contributed by atoms with van der Waals surface area (Å²) in [5.41, 5.74) is 3.09. The number of aliphatic hydroxyl groups is 6. The molecule has 0 aliphatic rings. The molecular weight excluding hydrogens is 652 g/mol. The Labute approximate surface area is 294 Å². The van der Waals surface area contributed by atoms with E-state index in [-0.39, 0.29) is 57.9 Å². The minimum atomic E-state index is -0.870. The van der Waals surface area contributed by atoms with Gasteiger partial charge in [-0.15, -0.1) is 0 Å². The van der Waals surface area contributed by atoms with Gasteiger partial charge < -0.3 is 40.9 Å². The van der Waals surface area contributed by atoms with Gasteiger partial charge in [-0.25, -0.2) is 9.59 Å². The summed E-state index contributed by atoms with van der Waals surface area (Å²) in [6, 6.07) is 14.7. The van der Waals surface area contributed by atoms with Crippen LogP contribution >= 0.6 is 0 Å². The number of hydrogen-bond acceptors (Lipinski definition) is 12. The van der Waals surface area contributed by atoms with Crippen LogP contribution in [0.25, 0.3) is 0 Å². The highest BCUT2D eigenvalue weighted by Crippen LogP contribution is 2.18. The Bertz CT molecular complexity index is 1100. The second-order valence-electron chi connectivity index (χ2n) is 11.4. The van der Waals surface area contributed by atoms with Crippen molar-refractivity contribution in [2.45, 2.75) is 84.5 Å². The third-order valence-corrected chi connectivity index (χ3v) is 6.15. The molecule has 2 aromatic carbocycles. The maximum Gasteiger partial charge on any atom is 0.303 e. The number of carboxylic acid groups (broad SMARTS) is 2. The Morgan fingerprint density at radius 2 is 0.840 bits per heavy atom. The predicted octanol–water partition coefficient (Wildman–Crippen LogP) is 4.21. The van der Waals surface area contributed by atoms with Gasteiger partial charge in [-0.1, -0.05) is 51.0 Å². The monoisotopic (exact) mass is 708 g/mol. The molecule has 282 valence electrons. The third-order valence-electron chi connectivity index (χ3n) is 6.15. The summed E-state index contributed by atoms with van der Waals surface area (Å²) in [5, 5.41) is 65.9. The van der Waals surface area contributed by atoms with E-state index in [1.54, 1.807) is 38.1 Å². The highest BCUT2D eigenvalue weighted by Gasteiger charge is 2.13. The summed E-state index contributed by atoms with van der Waals surface area (Å²) in [7, 11) is 0. The number of nitrogens with zero attached hydrogens (tertiary/aromatic N) is 2. The van der Waals surface area contributed by atoms with Crippen molar-refractivity contribution >= 4 is 35.5 Å². The van der Waals surface area contributed by atoms with Crippen molar-refractivity contribution in [3.8, 4) is 0 Å². The number of aliphatic imine (C=N–C) groups is 2. The standard InChI is InChI=1S/C15H10N2O2.C6H10O4.C6H14O2.C5H12O2.C4H10O2/c18-10-16-14-5-1-12(2-6-14)9-13-3-7-15(8-4-13)17-11-19;7-5(8)3-1-2-4-6(9)10;7-5-3-1-2-4-6-8;1-5(2,3-6)4-7;5-3-1-2-4-6/h1-8H,9H2;1-4H2,(H,7,8)(H,9,10);7-8H,1-6H2;6-7H,3-4H2,1-2H3;5-6H,1-4H2. The van der Waals surface area contributed by atoms with Crippen LogP contribution in [0.1, 0.15) is 89.2 Å². The highest BCUT2D eigenvalue weighted by atomic mass is 16.4. The fraction of sp³-hybridized carbons (Fsp3) is 0.556. The van der Waals surface area contributed by atoms with E-state index in [2.05, 4.69) is 9.98 Å². The second kappa shape index (κ2) is 36.2. The van der Waals surface area contributed by atoms with E-state index < -0.39 is 11.9 Å². The van der Waals surface area contributed by atoms with E-state index >= 15 is 0 Å². The van der Waals surface area contributed by atoms with E-state index in [0.717, 1.165) is 56.1 Å². The third kappa shape index (κ3) is 36.7. The van der Waals surface area contributed by atoms with Gasteiger partial charge in [-0.2, -0.15) is 9.98 Å². The SMILES string of the molecule is CC(C)(CO)CO.O=C(O)CCCCC(=O)O.O=C=Nc1ccc(Cc2ccc(N=C=O)cc2)cc1.OCCCCCCO.OCCCCO. The van der Waals surface area contributed by atoms with Crippen molar-refractivity contribution in [1.29, 1.82) is 0 Å². The topological polar surface area (TPSA) is 255 Å². The lowest BCUT2D eigenvalue weighted by Gasteiger charge is -2.16. The largest absolute Gasteiger partial charge is 0.481 e. The molecule has 0 bridgehead atoms. The molecule has 0 unspecified atom stereocenters. The van der Waals surface area contributed by atoms with Crippen LogP contribution in [0.3, 0.4) is 0 Å². The Morgan fingerprint density at radius 3 is 1.06 bits per heavy atom. The summed E-state index contributed by atoms with van der Waals surface area (Å²) in [6.45, 7) is 4.64. The summed E-state index contributed by atoms with van der Waals surface area (Å²) >= 11 is 0. The quantitative estimate of drug-likeness (QED) is 0.0580.